The van der Waals surface area contributed by atoms with Crippen molar-refractivity contribution >= 4 is 11.6 Å². The second-order valence-corrected chi connectivity index (χ2v) is 3.70. The first-order valence-electron chi connectivity index (χ1n) is 5.50. The number of nitrogens with two attached hydrogens (primary N) is 1. The first-order chi connectivity index (χ1) is 8.60. The van der Waals surface area contributed by atoms with Crippen molar-refractivity contribution in [1.29, 1.82) is 0 Å². The van der Waals surface area contributed by atoms with Gasteiger partial charge < -0.3 is 15.6 Å². The highest BCUT2D eigenvalue weighted by Gasteiger charge is 2.15. The van der Waals surface area contributed by atoms with Gasteiger partial charge in [0.2, 0.25) is 5.89 Å². The predicted octanol–water partition coefficient (Wildman–Crippen LogP) is 0.107. The monoisotopic (exact) mass is 250 g/mol. The largest absolute Gasteiger partial charge is 0.396 e. The summed E-state index contributed by atoms with van der Waals surface area (Å²) in [5, 5.41) is 10.4. The van der Waals surface area contributed by atoms with Crippen molar-refractivity contribution in [3.63, 3.8) is 0 Å². The zero-order chi connectivity index (χ0) is 13.1. The van der Waals surface area contributed by atoms with Gasteiger partial charge in [0, 0.05) is 19.7 Å². The summed E-state index contributed by atoms with van der Waals surface area (Å²) in [6.07, 6.45) is 1.62. The standard InChI is InChI=1S/C10H14N6O2/c1-3-16-5-7(11)9(14-16)10(17)12-4-8-13-6(2)18-15-8/h5H,3-4,11H2,1-2H3,(H,12,17). The molecule has 8 heteroatoms. The van der Waals surface area contributed by atoms with E-state index in [0.29, 0.717) is 23.9 Å². The van der Waals surface area contributed by atoms with E-state index >= 15 is 0 Å². The molecule has 0 aliphatic heterocycles. The highest BCUT2D eigenvalue weighted by molar-refractivity contribution is 5.96. The van der Waals surface area contributed by atoms with Gasteiger partial charge in [0.25, 0.3) is 5.91 Å². The Morgan fingerprint density at radius 1 is 1.61 bits per heavy atom. The van der Waals surface area contributed by atoms with Crippen molar-refractivity contribution in [2.45, 2.75) is 26.9 Å². The summed E-state index contributed by atoms with van der Waals surface area (Å²) in [7, 11) is 0. The maximum Gasteiger partial charge on any atom is 0.274 e. The number of hydrogen-bond acceptors (Lipinski definition) is 6. The molecule has 0 unspecified atom stereocenters. The van der Waals surface area contributed by atoms with Gasteiger partial charge in [-0.25, -0.2) is 0 Å². The number of aryl methyl sites for hydroxylation is 2. The van der Waals surface area contributed by atoms with Crippen LogP contribution in [0.4, 0.5) is 5.69 Å². The Balaban J connectivity index is 2.01. The zero-order valence-corrected chi connectivity index (χ0v) is 10.2. The Labute approximate surface area is 103 Å². The number of nitrogens with zero attached hydrogens (tertiary/aromatic N) is 4. The van der Waals surface area contributed by atoms with Crippen molar-refractivity contribution in [3.05, 3.63) is 23.6 Å². The lowest BCUT2D eigenvalue weighted by molar-refractivity contribution is 0.0944. The van der Waals surface area contributed by atoms with E-state index in [1.54, 1.807) is 17.8 Å². The van der Waals surface area contributed by atoms with Crippen LogP contribution in [0.2, 0.25) is 0 Å². The Morgan fingerprint density at radius 3 is 2.94 bits per heavy atom. The van der Waals surface area contributed by atoms with Crippen molar-refractivity contribution in [2.24, 2.45) is 0 Å². The minimum absolute atomic E-state index is 0.175. The molecule has 2 aromatic heterocycles. The van der Waals surface area contributed by atoms with Crippen LogP contribution in [-0.2, 0) is 13.1 Å². The van der Waals surface area contributed by atoms with Crippen LogP contribution >= 0.6 is 0 Å². The van der Waals surface area contributed by atoms with Crippen LogP contribution in [0.1, 0.15) is 29.1 Å². The predicted molar refractivity (Wildman–Crippen MR) is 62.5 cm³/mol. The Morgan fingerprint density at radius 2 is 2.39 bits per heavy atom. The van der Waals surface area contributed by atoms with Gasteiger partial charge in [-0.15, -0.1) is 0 Å². The lowest BCUT2D eigenvalue weighted by atomic mass is 10.3. The molecular formula is C10H14N6O2. The van der Waals surface area contributed by atoms with Gasteiger partial charge in [-0.1, -0.05) is 5.16 Å². The van der Waals surface area contributed by atoms with Crippen LogP contribution in [0.3, 0.4) is 0 Å². The molecule has 0 radical (unpaired) electrons. The molecule has 0 fully saturated rings. The zero-order valence-electron chi connectivity index (χ0n) is 10.2. The summed E-state index contributed by atoms with van der Waals surface area (Å²) >= 11 is 0. The molecule has 96 valence electrons. The summed E-state index contributed by atoms with van der Waals surface area (Å²) in [5.41, 5.74) is 6.25. The molecule has 3 N–H and O–H groups in total. The SMILES string of the molecule is CCn1cc(N)c(C(=O)NCc2noc(C)n2)n1. The normalized spacial score (nSPS) is 10.6. The number of nitrogens with one attached hydrogen (secondary N) is 1. The second kappa shape index (κ2) is 4.86. The van der Waals surface area contributed by atoms with E-state index < -0.39 is 0 Å². The molecular weight excluding hydrogens is 236 g/mol. The third-order valence-electron chi connectivity index (χ3n) is 2.31. The molecule has 2 aromatic rings. The molecule has 18 heavy (non-hydrogen) atoms. The molecule has 0 bridgehead atoms. The van der Waals surface area contributed by atoms with E-state index in [-0.39, 0.29) is 18.1 Å². The lowest BCUT2D eigenvalue weighted by Crippen LogP contribution is -2.24. The van der Waals surface area contributed by atoms with E-state index in [2.05, 4.69) is 20.6 Å². The average Bonchev–Trinajstić information content (AvgIpc) is 2.92. The number of anilines is 1. The molecule has 1 amide bonds. The van der Waals surface area contributed by atoms with E-state index in [1.807, 2.05) is 6.92 Å². The minimum atomic E-state index is -0.359. The Bertz CT molecular complexity index is 558. The quantitative estimate of drug-likeness (QED) is 0.796. The second-order valence-electron chi connectivity index (χ2n) is 3.70. The van der Waals surface area contributed by atoms with Crippen molar-refractivity contribution in [3.8, 4) is 0 Å². The number of rotatable bonds is 4. The van der Waals surface area contributed by atoms with Gasteiger partial charge in [0.05, 0.1) is 12.2 Å². The minimum Gasteiger partial charge on any atom is -0.396 e. The van der Waals surface area contributed by atoms with Gasteiger partial charge >= 0.3 is 0 Å². The molecule has 0 saturated carbocycles. The lowest BCUT2D eigenvalue weighted by Gasteiger charge is -1.99. The number of carbonyl (C=O) groups excluding carboxylic acids is 1. The van der Waals surface area contributed by atoms with Gasteiger partial charge in [0.15, 0.2) is 11.5 Å². The number of aromatic nitrogens is 4. The molecule has 2 heterocycles. The molecule has 0 atom stereocenters. The van der Waals surface area contributed by atoms with E-state index in [9.17, 15) is 4.79 Å². The van der Waals surface area contributed by atoms with Crippen LogP contribution in [0, 0.1) is 6.92 Å². The van der Waals surface area contributed by atoms with Gasteiger partial charge in [-0.2, -0.15) is 10.1 Å². The number of nitrogen functional groups attached to an aromatic ring is 1. The highest BCUT2D eigenvalue weighted by atomic mass is 16.5. The van der Waals surface area contributed by atoms with Gasteiger partial charge in [0.1, 0.15) is 0 Å². The molecule has 0 saturated heterocycles. The maximum atomic E-state index is 11.8. The molecule has 2 rings (SSSR count). The van der Waals surface area contributed by atoms with Crippen LogP contribution in [0.5, 0.6) is 0 Å². The van der Waals surface area contributed by atoms with Gasteiger partial charge in [-0.3, -0.25) is 9.48 Å². The molecule has 0 aliphatic rings. The highest BCUT2D eigenvalue weighted by Crippen LogP contribution is 2.08. The topological polar surface area (TPSA) is 112 Å². The van der Waals surface area contributed by atoms with Crippen LogP contribution in [-0.4, -0.2) is 25.8 Å². The number of carbonyl (C=O) groups is 1. The summed E-state index contributed by atoms with van der Waals surface area (Å²) in [5.74, 6) is 0.505. The fraction of sp³-hybridized carbons (Fsp3) is 0.400. The maximum absolute atomic E-state index is 11.8. The molecule has 0 aliphatic carbocycles. The average molecular weight is 250 g/mol. The first-order valence-corrected chi connectivity index (χ1v) is 5.50. The summed E-state index contributed by atoms with van der Waals surface area (Å²) in [6.45, 7) is 4.42. The smallest absolute Gasteiger partial charge is 0.274 e. The van der Waals surface area contributed by atoms with Crippen molar-refractivity contribution < 1.29 is 9.32 Å². The number of amides is 1. The third kappa shape index (κ3) is 2.47. The van der Waals surface area contributed by atoms with Gasteiger partial charge in [-0.05, 0) is 6.92 Å². The molecule has 0 spiro atoms. The summed E-state index contributed by atoms with van der Waals surface area (Å²) in [6, 6.07) is 0. The van der Waals surface area contributed by atoms with Crippen LogP contribution in [0.15, 0.2) is 10.7 Å². The summed E-state index contributed by atoms with van der Waals surface area (Å²) < 4.78 is 6.39. The molecule has 0 aromatic carbocycles. The summed E-state index contributed by atoms with van der Waals surface area (Å²) in [4.78, 5) is 15.8. The van der Waals surface area contributed by atoms with E-state index in [0.717, 1.165) is 0 Å². The fourth-order valence-corrected chi connectivity index (χ4v) is 1.43. The van der Waals surface area contributed by atoms with Crippen LogP contribution in [0.25, 0.3) is 0 Å². The Kier molecular flexibility index (Phi) is 3.26. The fourth-order valence-electron chi connectivity index (χ4n) is 1.43. The van der Waals surface area contributed by atoms with Crippen molar-refractivity contribution in [2.75, 3.05) is 5.73 Å². The Hall–Kier alpha value is -2.38. The van der Waals surface area contributed by atoms with Crippen LogP contribution < -0.4 is 11.1 Å². The van der Waals surface area contributed by atoms with Crippen molar-refractivity contribution in [1.82, 2.24) is 25.2 Å². The van der Waals surface area contributed by atoms with E-state index in [1.165, 1.54) is 0 Å². The first kappa shape index (κ1) is 12.1. The van der Waals surface area contributed by atoms with E-state index in [4.69, 9.17) is 10.3 Å². The molecule has 8 nitrogen and oxygen atoms in total. The third-order valence-corrected chi connectivity index (χ3v) is 2.31. The number of hydrogen-bond donors (Lipinski definition) is 2.